The van der Waals surface area contributed by atoms with Crippen molar-refractivity contribution >= 4 is 15.6 Å². The number of rotatable bonds is 26. The highest BCUT2D eigenvalue weighted by atomic mass is 31.2. The molecule has 6 fully saturated rings. The van der Waals surface area contributed by atoms with Crippen LogP contribution >= 0.6 is 15.6 Å². The first-order valence-electron chi connectivity index (χ1n) is 29.1. The van der Waals surface area contributed by atoms with Crippen molar-refractivity contribution in [2.45, 2.75) is 212 Å². The number of hydrogen-bond donors (Lipinski definition) is 16. The lowest BCUT2D eigenvalue weighted by Crippen LogP contribution is -2.68. The molecule has 0 radical (unpaired) electrons. The second-order valence-corrected chi connectivity index (χ2v) is 26.0. The normalized spacial score (nSPS) is 39.3. The number of aliphatic hydroxyl groups is 7. The van der Waals surface area contributed by atoms with Gasteiger partial charge in [-0.3, -0.25) is 37.0 Å². The van der Waals surface area contributed by atoms with Gasteiger partial charge in [-0.15, -0.1) is 5.10 Å². The Morgan fingerprint density at radius 1 is 0.637 bits per heavy atom. The highest BCUT2D eigenvalue weighted by Crippen LogP contribution is 2.51. The van der Waals surface area contributed by atoms with Crippen LogP contribution in [0.1, 0.15) is 61.4 Å². The summed E-state index contributed by atoms with van der Waals surface area (Å²) in [6.45, 7) is 0.150. The molecule has 3 aromatic heterocycles. The number of phosphoric ester groups is 2. The molecule has 9 rings (SSSR count). The maximum Gasteiger partial charge on any atom is 0.472 e. The zero-order valence-corrected chi connectivity index (χ0v) is 50.9. The van der Waals surface area contributed by atoms with Crippen molar-refractivity contribution in [3.8, 4) is 5.88 Å². The molecule has 5 aliphatic heterocycles. The van der Waals surface area contributed by atoms with Crippen LogP contribution in [0.25, 0.3) is 0 Å². The molecule has 42 heteroatoms. The number of nitrogens with two attached hydrogens (primary N) is 6. The summed E-state index contributed by atoms with van der Waals surface area (Å²) in [4.78, 5) is 64.5. The van der Waals surface area contributed by atoms with E-state index in [0.29, 0.717) is 5.69 Å². The fourth-order valence-corrected chi connectivity index (χ4v) is 13.1. The third kappa shape index (κ3) is 16.6. The van der Waals surface area contributed by atoms with Crippen molar-refractivity contribution in [3.05, 3.63) is 66.7 Å². The Morgan fingerprint density at radius 2 is 1.22 bits per heavy atom. The molecular weight excluding hydrogens is 1260 g/mol. The van der Waals surface area contributed by atoms with Crippen molar-refractivity contribution in [2.24, 2.45) is 34.4 Å². The summed E-state index contributed by atoms with van der Waals surface area (Å²) in [6.07, 6.45) is -25.7. The van der Waals surface area contributed by atoms with Gasteiger partial charge >= 0.3 is 27.0 Å². The Morgan fingerprint density at radius 3 is 1.88 bits per heavy atom. The van der Waals surface area contributed by atoms with Gasteiger partial charge in [-0.1, -0.05) is 5.21 Å². The first-order chi connectivity index (χ1) is 43.0. The molecule has 1 saturated carbocycles. The van der Waals surface area contributed by atoms with Crippen LogP contribution in [0.15, 0.2) is 33.0 Å². The monoisotopic (exact) mass is 1340 g/mol. The van der Waals surface area contributed by atoms with Crippen molar-refractivity contribution in [2.75, 3.05) is 32.9 Å². The van der Waals surface area contributed by atoms with E-state index in [4.69, 9.17) is 90.4 Å². The van der Waals surface area contributed by atoms with Gasteiger partial charge in [0.15, 0.2) is 18.9 Å². The van der Waals surface area contributed by atoms with E-state index in [2.05, 4.69) is 20.3 Å². The lowest BCUT2D eigenvalue weighted by molar-refractivity contribution is -0.306. The van der Waals surface area contributed by atoms with Crippen LogP contribution < -0.4 is 56.4 Å². The lowest BCUT2D eigenvalue weighted by Gasteiger charge is -2.47. The SMILES string of the molecule is Cc1cn([C@H]2C[C@H](O)[C@@H](COP(=O)(O)O[C@H]3C[C@H](n4cc(C)c(=O)[nH]c4=O)O[C@@H]3COP(=O)(O)OCCCCc3cn(C[C@H]4O[C@@H](O[C@@H]5[C@@H](O)[C@H](N)C[C@H](N)[C@H]5O[C@H]5O[C@H](CN)[C@@H](O)[C@H](O)[C@H]5N)[C@H](O)[C@@H]4O[C@H]4O[C@@H](CN)[C@@H](O)[C@H](O)[C@H]4N)nn3)O2)c(=O)nc1[O-]. The summed E-state index contributed by atoms with van der Waals surface area (Å²) < 4.78 is 99.1. The zero-order valence-electron chi connectivity index (χ0n) is 49.1. The molecule has 0 spiro atoms. The molecule has 22 N–H and O–H groups in total. The number of hydrogen-bond acceptors (Lipinski definition) is 34. The van der Waals surface area contributed by atoms with Gasteiger partial charge in [0.1, 0.15) is 97.9 Å². The number of nitrogens with one attached hydrogen (secondary N) is 1. The molecular formula is C49H80N13O27P2-. The number of aromatic amines is 1. The van der Waals surface area contributed by atoms with Gasteiger partial charge in [0, 0.05) is 62.2 Å². The number of H-pyrrole nitrogens is 1. The van der Waals surface area contributed by atoms with E-state index in [-0.39, 0.29) is 75.9 Å². The lowest BCUT2D eigenvalue weighted by atomic mass is 9.84. The van der Waals surface area contributed by atoms with Crippen LogP contribution in [-0.4, -0.2) is 253 Å². The summed E-state index contributed by atoms with van der Waals surface area (Å²) in [5.74, 6) is -0.754. The number of nitrogens with zero attached hydrogens (tertiary/aromatic N) is 6. The van der Waals surface area contributed by atoms with Crippen LogP contribution in [-0.2, 0) is 78.1 Å². The standard InChI is InChI=1S/C49H81N13O27P2/c1-18-12-61(48(72)56-43(18)70)30-8-23(63)28(81-30)16-80-91(76,77)89-24-9-31(62-13-19(2)44(71)57-49(62)73)82-29(24)17-79-90(74,75)78-6-4-3-5-20-14-60(59-58-20)15-27-41(87-46-33(55)38(68)36(66)26(11-51)84-46)39(69)47(85-27)88-42-34(64)21(52)7-22(53)40(42)86-45-32(54)37(67)35(65)25(10-50)83-45/h12-14,21-42,45-47,63-69H,3-11,15-17,50-55H2,1-2H3,(H,74,75)(H,76,77)(H,56,70,72)(H,57,71,73)/p-1/t21-,22+,23+,24+,25-,26+,27-,28-,29-,30-,31-,32-,33-,34+,35-,36-,37-,38-,39-,40-,41-,42-,45-,46-,47+/m1/s1. The summed E-state index contributed by atoms with van der Waals surface area (Å²) in [5.41, 5.74) is 34.8. The highest BCUT2D eigenvalue weighted by Gasteiger charge is 2.55. The molecule has 6 aliphatic rings. The maximum atomic E-state index is 13.4. The molecule has 0 bridgehead atoms. The Bertz CT molecular complexity index is 3210. The number of phosphoric acid groups is 2. The predicted molar refractivity (Wildman–Crippen MR) is 298 cm³/mol. The first-order valence-corrected chi connectivity index (χ1v) is 32.1. The molecule has 8 heterocycles. The average molecular weight is 1350 g/mol. The largest absolute Gasteiger partial charge is 0.858 e. The Hall–Kier alpha value is -4.12. The maximum absolute atomic E-state index is 13.4. The number of aromatic nitrogens is 7. The van der Waals surface area contributed by atoms with Gasteiger partial charge in [0.2, 0.25) is 0 Å². The van der Waals surface area contributed by atoms with Gasteiger partial charge in [0.05, 0.1) is 56.4 Å². The van der Waals surface area contributed by atoms with Gasteiger partial charge in [-0.25, -0.2) is 28.4 Å². The Kier molecular flexibility index (Phi) is 23.4. The Labute approximate surface area is 516 Å². The molecule has 0 amide bonds. The van der Waals surface area contributed by atoms with Crippen molar-refractivity contribution in [3.63, 3.8) is 0 Å². The summed E-state index contributed by atoms with van der Waals surface area (Å²) >= 11 is 0. The first kappa shape index (κ1) is 71.2. The molecule has 514 valence electrons. The number of aryl methyl sites for hydroxylation is 3. The van der Waals surface area contributed by atoms with Crippen molar-refractivity contribution in [1.29, 1.82) is 0 Å². The van der Waals surface area contributed by atoms with E-state index in [1.54, 1.807) is 0 Å². The van der Waals surface area contributed by atoms with Crippen LogP contribution in [0.3, 0.4) is 0 Å². The quantitative estimate of drug-likeness (QED) is 0.0262. The smallest absolute Gasteiger partial charge is 0.472 e. The van der Waals surface area contributed by atoms with Gasteiger partial charge < -0.3 is 123 Å². The topological polar surface area (TPSA) is 627 Å². The predicted octanol–water partition coefficient (Wildman–Crippen LogP) is -9.20. The van der Waals surface area contributed by atoms with E-state index in [0.717, 1.165) is 15.3 Å². The van der Waals surface area contributed by atoms with E-state index < -0.39 is 205 Å². The summed E-state index contributed by atoms with van der Waals surface area (Å²) in [5, 5.41) is 96.8. The fourth-order valence-electron chi connectivity index (χ4n) is 11.4. The Balaban J connectivity index is 0.803. The van der Waals surface area contributed by atoms with Crippen molar-refractivity contribution < 1.29 is 116 Å². The number of unbranched alkanes of at least 4 members (excludes halogenated alkanes) is 1. The molecule has 40 nitrogen and oxygen atoms in total. The average Bonchev–Trinajstić information content (AvgIpc) is 1.81. The summed E-state index contributed by atoms with van der Waals surface area (Å²) in [7, 11) is -10.1. The molecule has 1 aliphatic carbocycles. The third-order valence-electron chi connectivity index (χ3n) is 16.5. The minimum absolute atomic E-state index is 0.00269. The molecule has 27 atom stereocenters. The van der Waals surface area contributed by atoms with E-state index in [1.165, 1.54) is 30.9 Å². The van der Waals surface area contributed by atoms with Crippen LogP contribution in [0.4, 0.5) is 0 Å². The third-order valence-corrected chi connectivity index (χ3v) is 18.5. The van der Waals surface area contributed by atoms with E-state index in [1.807, 2.05) is 0 Å². The number of ether oxygens (including phenoxy) is 8. The van der Waals surface area contributed by atoms with Gasteiger partial charge in [0.25, 0.3) is 5.56 Å². The van der Waals surface area contributed by atoms with E-state index >= 15 is 0 Å². The van der Waals surface area contributed by atoms with E-state index in [9.17, 15) is 74.2 Å². The zero-order chi connectivity index (χ0) is 66.1. The van der Waals surface area contributed by atoms with Crippen LogP contribution in [0.5, 0.6) is 5.88 Å². The van der Waals surface area contributed by atoms with Crippen LogP contribution in [0.2, 0.25) is 0 Å². The fraction of sp³-hybridized carbons (Fsp3) is 0.796. The molecule has 91 heavy (non-hydrogen) atoms. The second kappa shape index (κ2) is 29.9. The van der Waals surface area contributed by atoms with Crippen LogP contribution in [0, 0.1) is 13.8 Å². The summed E-state index contributed by atoms with van der Waals surface area (Å²) in [6, 6.07) is -4.66. The molecule has 3 aromatic rings. The number of aliphatic hydroxyl groups excluding tert-OH is 7. The minimum atomic E-state index is -5.15. The minimum Gasteiger partial charge on any atom is -0.858 e. The molecule has 0 aromatic carbocycles. The molecule has 2 unspecified atom stereocenters. The van der Waals surface area contributed by atoms with Gasteiger partial charge in [-0.05, 0) is 51.0 Å². The highest BCUT2D eigenvalue weighted by molar-refractivity contribution is 7.47. The molecule has 5 saturated heterocycles. The van der Waals surface area contributed by atoms with Crippen molar-refractivity contribution in [1.82, 2.24) is 34.1 Å². The second-order valence-electron chi connectivity index (χ2n) is 23.2. The van der Waals surface area contributed by atoms with Gasteiger partial charge in [-0.2, -0.15) is 0 Å².